The number of hydrogen-bond acceptors (Lipinski definition) is 1. The second kappa shape index (κ2) is 5.18. The lowest BCUT2D eigenvalue weighted by Crippen LogP contribution is -2.01. The number of hydrogen-bond donors (Lipinski definition) is 0. The molecule has 13 heavy (non-hydrogen) atoms. The zero-order chi connectivity index (χ0) is 9.68. The van der Waals surface area contributed by atoms with E-state index in [1.165, 1.54) is 0 Å². The van der Waals surface area contributed by atoms with Crippen LogP contribution in [0.2, 0.25) is 0 Å². The Morgan fingerprint density at radius 3 is 2.46 bits per heavy atom. The van der Waals surface area contributed by atoms with Crippen LogP contribution >= 0.6 is 15.9 Å². The zero-order valence-corrected chi connectivity index (χ0v) is 9.30. The summed E-state index contributed by atoms with van der Waals surface area (Å²) in [6.45, 7) is 2.03. The van der Waals surface area contributed by atoms with Crippen molar-refractivity contribution < 1.29 is 4.79 Å². The van der Waals surface area contributed by atoms with Gasteiger partial charge >= 0.3 is 0 Å². The molecule has 0 saturated carbocycles. The lowest BCUT2D eigenvalue weighted by Gasteiger charge is -1.99. The maximum Gasteiger partial charge on any atom is 0.137 e. The second-order valence-corrected chi connectivity index (χ2v) is 4.01. The molecule has 1 rings (SSSR count). The Bertz CT molecular complexity index is 277. The first-order valence-electron chi connectivity index (χ1n) is 4.48. The summed E-state index contributed by atoms with van der Waals surface area (Å²) >= 11 is 3.36. The Hall–Kier alpha value is -0.630. The van der Waals surface area contributed by atoms with Crippen LogP contribution in [0.5, 0.6) is 0 Å². The van der Waals surface area contributed by atoms with E-state index in [2.05, 4.69) is 15.9 Å². The molecule has 0 radical (unpaired) electrons. The molecule has 2 heteroatoms. The van der Waals surface area contributed by atoms with E-state index >= 15 is 0 Å². The standard InChI is InChI=1S/C11H13BrO/c1-2-3-11(13)8-9-4-6-10(12)7-5-9/h4-7H,2-3,8H2,1H3. The van der Waals surface area contributed by atoms with Crippen molar-refractivity contribution >= 4 is 21.7 Å². The number of Topliss-reactive ketones (excluding diaryl/α,β-unsaturated/α-hetero) is 1. The minimum atomic E-state index is 0.324. The molecular weight excluding hydrogens is 228 g/mol. The lowest BCUT2D eigenvalue weighted by atomic mass is 10.1. The zero-order valence-electron chi connectivity index (χ0n) is 7.72. The molecule has 0 atom stereocenters. The van der Waals surface area contributed by atoms with Crippen molar-refractivity contribution in [2.45, 2.75) is 26.2 Å². The van der Waals surface area contributed by atoms with Gasteiger partial charge in [0.15, 0.2) is 0 Å². The van der Waals surface area contributed by atoms with Crippen molar-refractivity contribution in [2.24, 2.45) is 0 Å². The third-order valence-electron chi connectivity index (χ3n) is 1.84. The van der Waals surface area contributed by atoms with Crippen molar-refractivity contribution in [1.82, 2.24) is 0 Å². The Kier molecular flexibility index (Phi) is 4.16. The van der Waals surface area contributed by atoms with E-state index in [-0.39, 0.29) is 0 Å². The van der Waals surface area contributed by atoms with E-state index in [1.54, 1.807) is 0 Å². The topological polar surface area (TPSA) is 17.1 Å². The van der Waals surface area contributed by atoms with E-state index in [1.807, 2.05) is 31.2 Å². The summed E-state index contributed by atoms with van der Waals surface area (Å²) < 4.78 is 1.05. The van der Waals surface area contributed by atoms with Crippen molar-refractivity contribution in [3.63, 3.8) is 0 Å². The Morgan fingerprint density at radius 2 is 1.92 bits per heavy atom. The van der Waals surface area contributed by atoms with Crippen LogP contribution in [-0.4, -0.2) is 5.78 Å². The summed E-state index contributed by atoms with van der Waals surface area (Å²) in [4.78, 5) is 11.3. The summed E-state index contributed by atoms with van der Waals surface area (Å²) in [7, 11) is 0. The molecule has 0 fully saturated rings. The van der Waals surface area contributed by atoms with E-state index in [0.29, 0.717) is 18.6 Å². The first-order chi connectivity index (χ1) is 6.22. The van der Waals surface area contributed by atoms with Gasteiger partial charge in [0.2, 0.25) is 0 Å². The monoisotopic (exact) mass is 240 g/mol. The Morgan fingerprint density at radius 1 is 1.31 bits per heavy atom. The molecule has 0 aromatic heterocycles. The summed E-state index contributed by atoms with van der Waals surface area (Å²) in [5.74, 6) is 0.324. The van der Waals surface area contributed by atoms with Crippen LogP contribution in [0.3, 0.4) is 0 Å². The minimum Gasteiger partial charge on any atom is -0.299 e. The number of carbonyl (C=O) groups excluding carboxylic acids is 1. The number of rotatable bonds is 4. The molecule has 0 saturated heterocycles. The molecule has 0 unspecified atom stereocenters. The van der Waals surface area contributed by atoms with Gasteiger partial charge in [0.25, 0.3) is 0 Å². The Labute approximate surface area is 87.3 Å². The van der Waals surface area contributed by atoms with Gasteiger partial charge in [-0.25, -0.2) is 0 Å². The first kappa shape index (κ1) is 10.5. The highest BCUT2D eigenvalue weighted by Crippen LogP contribution is 2.11. The number of halogens is 1. The largest absolute Gasteiger partial charge is 0.299 e. The molecule has 0 N–H and O–H groups in total. The summed E-state index contributed by atoms with van der Waals surface area (Å²) in [6, 6.07) is 7.90. The third kappa shape index (κ3) is 3.73. The Balaban J connectivity index is 2.54. The van der Waals surface area contributed by atoms with Crippen LogP contribution in [-0.2, 0) is 11.2 Å². The highest BCUT2D eigenvalue weighted by Gasteiger charge is 2.01. The van der Waals surface area contributed by atoms with Crippen LogP contribution in [0.15, 0.2) is 28.7 Å². The van der Waals surface area contributed by atoms with Gasteiger partial charge in [0.1, 0.15) is 5.78 Å². The van der Waals surface area contributed by atoms with Crippen molar-refractivity contribution in [3.05, 3.63) is 34.3 Å². The summed E-state index contributed by atoms with van der Waals surface area (Å²) in [5, 5.41) is 0. The molecule has 70 valence electrons. The molecule has 0 spiro atoms. The van der Waals surface area contributed by atoms with E-state index in [4.69, 9.17) is 0 Å². The number of carbonyl (C=O) groups is 1. The average molecular weight is 241 g/mol. The molecule has 1 aromatic carbocycles. The van der Waals surface area contributed by atoms with Crippen molar-refractivity contribution in [1.29, 1.82) is 0 Å². The second-order valence-electron chi connectivity index (χ2n) is 3.09. The predicted octanol–water partition coefficient (Wildman–Crippen LogP) is 3.36. The fraction of sp³-hybridized carbons (Fsp3) is 0.364. The normalized spacial score (nSPS) is 10.0. The van der Waals surface area contributed by atoms with Gasteiger partial charge in [-0.3, -0.25) is 4.79 Å². The SMILES string of the molecule is CCCC(=O)Cc1ccc(Br)cc1. The summed E-state index contributed by atoms with van der Waals surface area (Å²) in [6.07, 6.45) is 2.20. The van der Waals surface area contributed by atoms with E-state index < -0.39 is 0 Å². The van der Waals surface area contributed by atoms with Crippen LogP contribution in [0.4, 0.5) is 0 Å². The van der Waals surface area contributed by atoms with E-state index in [9.17, 15) is 4.79 Å². The quantitative estimate of drug-likeness (QED) is 0.789. The molecule has 0 bridgehead atoms. The van der Waals surface area contributed by atoms with Crippen molar-refractivity contribution in [3.8, 4) is 0 Å². The average Bonchev–Trinajstić information content (AvgIpc) is 2.09. The molecule has 0 aliphatic rings. The molecule has 0 heterocycles. The highest BCUT2D eigenvalue weighted by molar-refractivity contribution is 9.10. The van der Waals surface area contributed by atoms with Gasteiger partial charge in [0, 0.05) is 17.3 Å². The predicted molar refractivity (Wildman–Crippen MR) is 57.8 cm³/mol. The van der Waals surface area contributed by atoms with Crippen LogP contribution < -0.4 is 0 Å². The number of benzene rings is 1. The van der Waals surface area contributed by atoms with Crippen LogP contribution in [0, 0.1) is 0 Å². The maximum atomic E-state index is 11.3. The number of ketones is 1. The van der Waals surface area contributed by atoms with Crippen LogP contribution in [0.1, 0.15) is 25.3 Å². The van der Waals surface area contributed by atoms with Gasteiger partial charge in [-0.2, -0.15) is 0 Å². The first-order valence-corrected chi connectivity index (χ1v) is 5.28. The van der Waals surface area contributed by atoms with Gasteiger partial charge in [0.05, 0.1) is 0 Å². The van der Waals surface area contributed by atoms with Gasteiger partial charge in [-0.05, 0) is 24.1 Å². The van der Waals surface area contributed by atoms with Crippen LogP contribution in [0.25, 0.3) is 0 Å². The smallest absolute Gasteiger partial charge is 0.137 e. The third-order valence-corrected chi connectivity index (χ3v) is 2.37. The van der Waals surface area contributed by atoms with Gasteiger partial charge in [-0.15, -0.1) is 0 Å². The summed E-state index contributed by atoms with van der Waals surface area (Å²) in [5.41, 5.74) is 1.10. The van der Waals surface area contributed by atoms with Gasteiger partial charge < -0.3 is 0 Å². The molecule has 1 aromatic rings. The molecule has 0 aliphatic heterocycles. The fourth-order valence-electron chi connectivity index (χ4n) is 1.20. The molecule has 1 nitrogen and oxygen atoms in total. The van der Waals surface area contributed by atoms with E-state index in [0.717, 1.165) is 16.5 Å². The molecular formula is C11H13BrO. The maximum absolute atomic E-state index is 11.3. The lowest BCUT2D eigenvalue weighted by molar-refractivity contribution is -0.118. The molecule has 0 aliphatic carbocycles. The fourth-order valence-corrected chi connectivity index (χ4v) is 1.46. The van der Waals surface area contributed by atoms with Gasteiger partial charge in [-0.1, -0.05) is 35.0 Å². The highest BCUT2D eigenvalue weighted by atomic mass is 79.9. The minimum absolute atomic E-state index is 0.324. The molecule has 0 amide bonds. The van der Waals surface area contributed by atoms with Crippen molar-refractivity contribution in [2.75, 3.05) is 0 Å².